The Morgan fingerprint density at radius 2 is 1.84 bits per heavy atom. The first-order chi connectivity index (χ1) is 14.9. The molecule has 2 heterocycles. The van der Waals surface area contributed by atoms with E-state index in [4.69, 9.17) is 0 Å². The van der Waals surface area contributed by atoms with Crippen LogP contribution in [0, 0.1) is 0 Å². The Kier molecular flexibility index (Phi) is 8.41. The number of aliphatic imine (C=N–C) groups is 1. The number of aryl methyl sites for hydroxylation is 1. The third-order valence-electron chi connectivity index (χ3n) is 5.49. The fourth-order valence-electron chi connectivity index (χ4n) is 3.82. The highest BCUT2D eigenvalue weighted by Gasteiger charge is 2.34. The number of thioether (sulfide) groups is 1. The highest BCUT2D eigenvalue weighted by molar-refractivity contribution is 8.15. The molecular formula is C24H30F3N3S. The van der Waals surface area contributed by atoms with Gasteiger partial charge in [-0.3, -0.25) is 9.98 Å². The maximum absolute atomic E-state index is 13.7. The van der Waals surface area contributed by atoms with Gasteiger partial charge in [0.1, 0.15) is 0 Å². The molecule has 0 aliphatic carbocycles. The molecule has 0 bridgehead atoms. The predicted molar refractivity (Wildman–Crippen MR) is 124 cm³/mol. The van der Waals surface area contributed by atoms with E-state index in [0.717, 1.165) is 37.7 Å². The van der Waals surface area contributed by atoms with Crippen LogP contribution in [0.3, 0.4) is 0 Å². The third kappa shape index (κ3) is 6.73. The molecule has 0 spiro atoms. The van der Waals surface area contributed by atoms with Gasteiger partial charge in [0, 0.05) is 23.3 Å². The molecule has 2 unspecified atom stereocenters. The van der Waals surface area contributed by atoms with Gasteiger partial charge in [0.25, 0.3) is 0 Å². The summed E-state index contributed by atoms with van der Waals surface area (Å²) in [5.74, 6) is 0. The van der Waals surface area contributed by atoms with Crippen LogP contribution in [0.25, 0.3) is 0 Å². The van der Waals surface area contributed by atoms with E-state index in [0.29, 0.717) is 22.8 Å². The Balaban J connectivity index is 1.68. The lowest BCUT2D eigenvalue weighted by Gasteiger charge is -2.15. The number of hydrogen-bond donors (Lipinski definition) is 1. The summed E-state index contributed by atoms with van der Waals surface area (Å²) in [6, 6.07) is 8.34. The Bertz CT molecular complexity index is 868. The van der Waals surface area contributed by atoms with E-state index in [2.05, 4.69) is 29.1 Å². The van der Waals surface area contributed by atoms with E-state index in [1.54, 1.807) is 24.5 Å². The van der Waals surface area contributed by atoms with E-state index in [1.165, 1.54) is 24.2 Å². The van der Waals surface area contributed by atoms with E-state index in [9.17, 15) is 13.2 Å². The largest absolute Gasteiger partial charge is 0.416 e. The number of nitrogens with zero attached hydrogens (tertiary/aromatic N) is 2. The van der Waals surface area contributed by atoms with Crippen LogP contribution in [0.5, 0.6) is 0 Å². The van der Waals surface area contributed by atoms with Gasteiger partial charge < -0.3 is 5.32 Å². The molecule has 3 rings (SSSR count). The minimum Gasteiger partial charge on any atom is -0.335 e. The molecule has 0 saturated heterocycles. The van der Waals surface area contributed by atoms with Crippen molar-refractivity contribution < 1.29 is 13.2 Å². The second-order valence-corrected chi connectivity index (χ2v) is 9.37. The van der Waals surface area contributed by atoms with Crippen molar-refractivity contribution in [3.63, 3.8) is 0 Å². The maximum Gasteiger partial charge on any atom is 0.416 e. The number of anilines is 1. The standard InChI is InChI=1S/C24H30F3N3S/c1-3-4-5-6-7-8-10-18-12-13-20(15-21(18)24(25,26)27)29-23-30-22(17(2)31-23)19-11-9-14-28-16-19/h9,11-17,22H,3-8,10H2,1-2H3,(H,29,30). The van der Waals surface area contributed by atoms with Gasteiger partial charge in [-0.25, -0.2) is 0 Å². The minimum atomic E-state index is -4.37. The topological polar surface area (TPSA) is 37.3 Å². The molecule has 2 aromatic rings. The molecule has 0 amide bonds. The van der Waals surface area contributed by atoms with Crippen LogP contribution < -0.4 is 5.32 Å². The van der Waals surface area contributed by atoms with Crippen LogP contribution >= 0.6 is 11.8 Å². The molecule has 0 fully saturated rings. The number of hydrogen-bond acceptors (Lipinski definition) is 4. The lowest BCUT2D eigenvalue weighted by molar-refractivity contribution is -0.138. The zero-order valence-electron chi connectivity index (χ0n) is 18.1. The van der Waals surface area contributed by atoms with Gasteiger partial charge in [0.15, 0.2) is 5.17 Å². The zero-order valence-corrected chi connectivity index (χ0v) is 18.9. The average Bonchev–Trinajstić information content (AvgIpc) is 3.11. The van der Waals surface area contributed by atoms with Gasteiger partial charge in [-0.1, -0.05) is 69.8 Å². The van der Waals surface area contributed by atoms with Crippen molar-refractivity contribution in [2.24, 2.45) is 4.99 Å². The lowest BCUT2D eigenvalue weighted by atomic mass is 9.99. The van der Waals surface area contributed by atoms with Crippen LogP contribution in [-0.2, 0) is 12.6 Å². The molecule has 1 N–H and O–H groups in total. The van der Waals surface area contributed by atoms with Crippen molar-refractivity contribution in [1.82, 2.24) is 4.98 Å². The van der Waals surface area contributed by atoms with E-state index < -0.39 is 11.7 Å². The number of alkyl halides is 3. The second kappa shape index (κ2) is 11.0. The number of benzene rings is 1. The van der Waals surface area contributed by atoms with Gasteiger partial charge in [-0.05, 0) is 42.2 Å². The summed E-state index contributed by atoms with van der Waals surface area (Å²) in [6.07, 6.45) is 5.94. The molecule has 1 aliphatic rings. The molecule has 1 aliphatic heterocycles. The maximum atomic E-state index is 13.7. The van der Waals surface area contributed by atoms with Crippen molar-refractivity contribution in [2.75, 3.05) is 5.32 Å². The van der Waals surface area contributed by atoms with Gasteiger partial charge in [0.05, 0.1) is 11.6 Å². The monoisotopic (exact) mass is 449 g/mol. The Morgan fingerprint density at radius 1 is 1.06 bits per heavy atom. The van der Waals surface area contributed by atoms with Gasteiger partial charge in [-0.2, -0.15) is 13.2 Å². The van der Waals surface area contributed by atoms with Gasteiger partial charge >= 0.3 is 6.18 Å². The second-order valence-electron chi connectivity index (χ2n) is 8.00. The van der Waals surface area contributed by atoms with Crippen molar-refractivity contribution in [1.29, 1.82) is 0 Å². The van der Waals surface area contributed by atoms with E-state index >= 15 is 0 Å². The summed E-state index contributed by atoms with van der Waals surface area (Å²) in [6.45, 7) is 4.21. The Labute approximate surface area is 187 Å². The molecule has 0 radical (unpaired) electrons. The molecule has 3 nitrogen and oxygen atoms in total. The van der Waals surface area contributed by atoms with Crippen LogP contribution in [-0.4, -0.2) is 15.4 Å². The summed E-state index contributed by atoms with van der Waals surface area (Å²) < 4.78 is 41.1. The molecule has 31 heavy (non-hydrogen) atoms. The molecule has 0 saturated carbocycles. The third-order valence-corrected chi connectivity index (χ3v) is 6.55. The first-order valence-electron chi connectivity index (χ1n) is 11.0. The zero-order chi connectivity index (χ0) is 22.3. The summed E-state index contributed by atoms with van der Waals surface area (Å²) >= 11 is 1.53. The predicted octanol–water partition coefficient (Wildman–Crippen LogP) is 7.65. The highest BCUT2D eigenvalue weighted by Crippen LogP contribution is 2.39. The highest BCUT2D eigenvalue weighted by atomic mass is 32.2. The molecule has 168 valence electrons. The summed E-state index contributed by atoms with van der Waals surface area (Å²) in [4.78, 5) is 8.82. The number of unbranched alkanes of at least 4 members (excludes halogenated alkanes) is 5. The van der Waals surface area contributed by atoms with Crippen LogP contribution in [0.15, 0.2) is 47.7 Å². The summed E-state index contributed by atoms with van der Waals surface area (Å²) in [7, 11) is 0. The van der Waals surface area contributed by atoms with Crippen molar-refractivity contribution in [2.45, 2.75) is 76.3 Å². The molecule has 1 aromatic carbocycles. The molecule has 7 heteroatoms. The number of rotatable bonds is 9. The number of halogens is 3. The number of pyridine rings is 1. The minimum absolute atomic E-state index is 0.0599. The van der Waals surface area contributed by atoms with E-state index in [-0.39, 0.29) is 11.3 Å². The van der Waals surface area contributed by atoms with E-state index in [1.807, 2.05) is 12.1 Å². The lowest BCUT2D eigenvalue weighted by Crippen LogP contribution is -2.12. The number of nitrogens with one attached hydrogen (secondary N) is 1. The summed E-state index contributed by atoms with van der Waals surface area (Å²) in [5, 5.41) is 3.91. The van der Waals surface area contributed by atoms with Crippen molar-refractivity contribution >= 4 is 22.6 Å². The van der Waals surface area contributed by atoms with Crippen molar-refractivity contribution in [3.8, 4) is 0 Å². The quantitative estimate of drug-likeness (QED) is 0.400. The normalized spacial score (nSPS) is 18.8. The fraction of sp³-hybridized carbons (Fsp3) is 0.500. The molecule has 1 aromatic heterocycles. The average molecular weight is 450 g/mol. The number of aromatic nitrogens is 1. The van der Waals surface area contributed by atoms with Crippen molar-refractivity contribution in [3.05, 3.63) is 59.4 Å². The van der Waals surface area contributed by atoms with Gasteiger partial charge in [0.2, 0.25) is 0 Å². The number of amidine groups is 1. The van der Waals surface area contributed by atoms with Gasteiger partial charge in [-0.15, -0.1) is 0 Å². The summed E-state index contributed by atoms with van der Waals surface area (Å²) in [5.41, 5.74) is 1.25. The fourth-order valence-corrected chi connectivity index (χ4v) is 4.87. The van der Waals surface area contributed by atoms with Crippen LogP contribution in [0.1, 0.15) is 75.1 Å². The van der Waals surface area contributed by atoms with Crippen LogP contribution in [0.2, 0.25) is 0 Å². The molecular weight excluding hydrogens is 419 g/mol. The Hall–Kier alpha value is -2.02. The Morgan fingerprint density at radius 3 is 2.55 bits per heavy atom. The SMILES string of the molecule is CCCCCCCCc1ccc(NC2=NC(c3cccnc3)C(C)S2)cc1C(F)(F)F. The smallest absolute Gasteiger partial charge is 0.335 e. The first kappa shape index (κ1) is 23.6. The van der Waals surface area contributed by atoms with Crippen LogP contribution in [0.4, 0.5) is 18.9 Å². The first-order valence-corrected chi connectivity index (χ1v) is 11.9. The molecule has 2 atom stereocenters.